The van der Waals surface area contributed by atoms with Crippen LogP contribution in [0, 0.1) is 19.8 Å². The fraction of sp³-hybridized carbons (Fsp3) is 0.765. The van der Waals surface area contributed by atoms with E-state index in [1.54, 1.807) is 0 Å². The van der Waals surface area contributed by atoms with Gasteiger partial charge >= 0.3 is 0 Å². The number of nitrogens with zero attached hydrogens (tertiary/aromatic N) is 2. The molecule has 1 aromatic rings. The summed E-state index contributed by atoms with van der Waals surface area (Å²) >= 11 is 1.53. The SMILES string of the molecule is Cc1nc(NC(=O)C(C)N2CCC(OCC(C)C)CC2)sc1C. The Hall–Kier alpha value is -0.980. The maximum absolute atomic E-state index is 12.4. The molecule has 1 unspecified atom stereocenters. The molecule has 1 amide bonds. The molecule has 1 saturated heterocycles. The molecule has 0 aliphatic carbocycles. The first-order valence-electron chi connectivity index (χ1n) is 8.47. The minimum atomic E-state index is -0.134. The molecular weight excluding hydrogens is 310 g/mol. The normalized spacial score (nSPS) is 18.3. The molecule has 1 fully saturated rings. The first-order chi connectivity index (χ1) is 10.9. The third-order valence-electron chi connectivity index (χ3n) is 4.33. The van der Waals surface area contributed by atoms with Gasteiger partial charge < -0.3 is 10.1 Å². The average Bonchev–Trinajstić information content (AvgIpc) is 2.82. The summed E-state index contributed by atoms with van der Waals surface area (Å²) in [4.78, 5) is 20.2. The van der Waals surface area contributed by atoms with E-state index in [2.05, 4.69) is 29.0 Å². The number of likely N-dealkylation sites (tertiary alicyclic amines) is 1. The number of piperidine rings is 1. The zero-order valence-electron chi connectivity index (χ0n) is 14.9. The van der Waals surface area contributed by atoms with Gasteiger partial charge in [-0.25, -0.2) is 4.98 Å². The van der Waals surface area contributed by atoms with Gasteiger partial charge in [0.2, 0.25) is 5.91 Å². The highest BCUT2D eigenvalue weighted by atomic mass is 32.1. The zero-order chi connectivity index (χ0) is 17.0. The lowest BCUT2D eigenvalue weighted by molar-refractivity contribution is -0.122. The lowest BCUT2D eigenvalue weighted by atomic mass is 10.1. The van der Waals surface area contributed by atoms with Crippen LogP contribution in [0.1, 0.15) is 44.2 Å². The van der Waals surface area contributed by atoms with Gasteiger partial charge in [0.05, 0.1) is 17.8 Å². The monoisotopic (exact) mass is 339 g/mol. The van der Waals surface area contributed by atoms with E-state index < -0.39 is 0 Å². The summed E-state index contributed by atoms with van der Waals surface area (Å²) in [7, 11) is 0. The fourth-order valence-electron chi connectivity index (χ4n) is 2.66. The Kier molecular flexibility index (Phi) is 6.56. The molecule has 0 radical (unpaired) electrons. The Morgan fingerprint density at radius 3 is 2.52 bits per heavy atom. The summed E-state index contributed by atoms with van der Waals surface area (Å²) in [6.07, 6.45) is 2.34. The van der Waals surface area contributed by atoms with Crippen molar-refractivity contribution in [1.29, 1.82) is 0 Å². The lowest BCUT2D eigenvalue weighted by Crippen LogP contribution is -2.47. The van der Waals surface area contributed by atoms with Crippen molar-refractivity contribution in [3.63, 3.8) is 0 Å². The molecule has 0 aromatic carbocycles. The van der Waals surface area contributed by atoms with Crippen molar-refractivity contribution in [2.24, 2.45) is 5.92 Å². The Bertz CT molecular complexity index is 502. The predicted molar refractivity (Wildman–Crippen MR) is 95.1 cm³/mol. The highest BCUT2D eigenvalue weighted by Crippen LogP contribution is 2.22. The first kappa shape index (κ1) is 18.4. The summed E-state index contributed by atoms with van der Waals surface area (Å²) in [5, 5.41) is 3.65. The molecule has 1 N–H and O–H groups in total. The lowest BCUT2D eigenvalue weighted by Gasteiger charge is -2.35. The second-order valence-corrected chi connectivity index (χ2v) is 7.99. The number of hydrogen-bond donors (Lipinski definition) is 1. The molecule has 0 bridgehead atoms. The molecule has 0 spiro atoms. The number of rotatable bonds is 6. The third kappa shape index (κ3) is 5.26. The van der Waals surface area contributed by atoms with E-state index >= 15 is 0 Å². The summed E-state index contributed by atoms with van der Waals surface area (Å²) in [6, 6.07) is -0.134. The number of nitrogens with one attached hydrogen (secondary N) is 1. The number of thiazole rings is 1. The number of hydrogen-bond acceptors (Lipinski definition) is 5. The molecule has 23 heavy (non-hydrogen) atoms. The van der Waals surface area contributed by atoms with Crippen molar-refractivity contribution in [1.82, 2.24) is 9.88 Å². The van der Waals surface area contributed by atoms with Gasteiger partial charge in [0, 0.05) is 24.6 Å². The number of carbonyl (C=O) groups is 1. The number of amides is 1. The van der Waals surface area contributed by atoms with Crippen molar-refractivity contribution in [2.45, 2.75) is 59.6 Å². The molecule has 1 aromatic heterocycles. The number of aryl methyl sites for hydroxylation is 2. The van der Waals surface area contributed by atoms with Crippen LogP contribution in [0.2, 0.25) is 0 Å². The fourth-order valence-corrected chi connectivity index (χ4v) is 3.48. The van der Waals surface area contributed by atoms with Crippen LogP contribution in [0.25, 0.3) is 0 Å². The van der Waals surface area contributed by atoms with Crippen LogP contribution < -0.4 is 5.32 Å². The summed E-state index contributed by atoms with van der Waals surface area (Å²) < 4.78 is 5.91. The maximum Gasteiger partial charge on any atom is 0.243 e. The number of carbonyl (C=O) groups excluding carboxylic acids is 1. The molecule has 130 valence electrons. The van der Waals surface area contributed by atoms with Crippen molar-refractivity contribution in [3.05, 3.63) is 10.6 Å². The van der Waals surface area contributed by atoms with Crippen LogP contribution in [0.4, 0.5) is 5.13 Å². The molecular formula is C17H29N3O2S. The van der Waals surface area contributed by atoms with Crippen molar-refractivity contribution in [2.75, 3.05) is 25.0 Å². The molecule has 2 rings (SSSR count). The Morgan fingerprint density at radius 1 is 1.35 bits per heavy atom. The highest BCUT2D eigenvalue weighted by molar-refractivity contribution is 7.15. The van der Waals surface area contributed by atoms with Crippen molar-refractivity contribution in [3.8, 4) is 0 Å². The molecule has 5 nitrogen and oxygen atoms in total. The van der Waals surface area contributed by atoms with Crippen molar-refractivity contribution < 1.29 is 9.53 Å². The summed E-state index contributed by atoms with van der Waals surface area (Å²) in [5.41, 5.74) is 0.987. The smallest absolute Gasteiger partial charge is 0.243 e. The minimum Gasteiger partial charge on any atom is -0.378 e. The average molecular weight is 340 g/mol. The van der Waals surface area contributed by atoms with Crippen LogP contribution in [-0.4, -0.2) is 47.6 Å². The standard InChI is InChI=1S/C17H29N3O2S/c1-11(2)10-22-15-6-8-20(9-7-15)13(4)16(21)19-17-18-12(3)14(5)23-17/h11,13,15H,6-10H2,1-5H3,(H,18,19,21). The predicted octanol–water partition coefficient (Wildman–Crippen LogP) is 3.22. The second kappa shape index (κ2) is 8.22. The van der Waals surface area contributed by atoms with Gasteiger partial charge in [-0.05, 0) is 39.5 Å². The van der Waals surface area contributed by atoms with E-state index in [4.69, 9.17) is 4.74 Å². The van der Waals surface area contributed by atoms with Gasteiger partial charge in [0.25, 0.3) is 0 Å². The molecule has 6 heteroatoms. The van der Waals surface area contributed by atoms with Crippen molar-refractivity contribution >= 4 is 22.4 Å². The maximum atomic E-state index is 12.4. The Morgan fingerprint density at radius 2 is 2.00 bits per heavy atom. The van der Waals surface area contributed by atoms with Gasteiger partial charge in [-0.1, -0.05) is 13.8 Å². The Balaban J connectivity index is 1.79. The van der Waals surface area contributed by atoms with E-state index in [9.17, 15) is 4.79 Å². The molecule has 1 aliphatic heterocycles. The number of ether oxygens (including phenoxy) is 1. The number of anilines is 1. The quantitative estimate of drug-likeness (QED) is 0.864. The first-order valence-corrected chi connectivity index (χ1v) is 9.29. The van der Waals surface area contributed by atoms with E-state index in [0.717, 1.165) is 43.1 Å². The third-order valence-corrected chi connectivity index (χ3v) is 5.32. The van der Waals surface area contributed by atoms with E-state index in [0.29, 0.717) is 17.2 Å². The van der Waals surface area contributed by atoms with Gasteiger partial charge in [-0.2, -0.15) is 0 Å². The zero-order valence-corrected chi connectivity index (χ0v) is 15.7. The number of aromatic nitrogens is 1. The molecule has 1 aliphatic rings. The Labute approximate surface area is 143 Å². The van der Waals surface area contributed by atoms with Crippen LogP contribution in [0.15, 0.2) is 0 Å². The van der Waals surface area contributed by atoms with E-state index in [-0.39, 0.29) is 11.9 Å². The minimum absolute atomic E-state index is 0.0281. The van der Waals surface area contributed by atoms with Crippen LogP contribution in [0.3, 0.4) is 0 Å². The molecule has 0 saturated carbocycles. The van der Waals surface area contributed by atoms with Gasteiger partial charge in [-0.15, -0.1) is 11.3 Å². The van der Waals surface area contributed by atoms with Gasteiger partial charge in [-0.3, -0.25) is 9.69 Å². The van der Waals surface area contributed by atoms with Crippen LogP contribution >= 0.6 is 11.3 Å². The molecule has 1 atom stereocenters. The van der Waals surface area contributed by atoms with E-state index in [1.807, 2.05) is 20.8 Å². The van der Waals surface area contributed by atoms with Crippen LogP contribution in [0.5, 0.6) is 0 Å². The summed E-state index contributed by atoms with van der Waals surface area (Å²) in [5.74, 6) is 0.600. The highest BCUT2D eigenvalue weighted by Gasteiger charge is 2.27. The van der Waals surface area contributed by atoms with Crippen LogP contribution in [-0.2, 0) is 9.53 Å². The molecule has 2 heterocycles. The van der Waals surface area contributed by atoms with Gasteiger partial charge in [0.1, 0.15) is 0 Å². The topological polar surface area (TPSA) is 54.5 Å². The summed E-state index contributed by atoms with van der Waals surface area (Å²) in [6.45, 7) is 12.9. The van der Waals surface area contributed by atoms with E-state index in [1.165, 1.54) is 11.3 Å². The van der Waals surface area contributed by atoms with Gasteiger partial charge in [0.15, 0.2) is 5.13 Å². The second-order valence-electron chi connectivity index (χ2n) is 6.79. The largest absolute Gasteiger partial charge is 0.378 e.